The van der Waals surface area contributed by atoms with Gasteiger partial charge in [0.05, 0.1) is 11.4 Å². The summed E-state index contributed by atoms with van der Waals surface area (Å²) in [5.74, 6) is -1.93. The van der Waals surface area contributed by atoms with Gasteiger partial charge < -0.3 is 11.5 Å². The maximum atomic E-state index is 13.6. The minimum atomic E-state index is -4.32. The zero-order chi connectivity index (χ0) is 14.2. The molecule has 19 heavy (non-hydrogen) atoms. The fourth-order valence-corrected chi connectivity index (χ4v) is 3.25. The van der Waals surface area contributed by atoms with E-state index < -0.39 is 31.3 Å². The second kappa shape index (κ2) is 4.51. The van der Waals surface area contributed by atoms with Crippen LogP contribution in [-0.2, 0) is 9.84 Å². The van der Waals surface area contributed by atoms with Gasteiger partial charge in [0.1, 0.15) is 21.4 Å². The van der Waals surface area contributed by atoms with E-state index in [0.717, 1.165) is 12.1 Å². The molecule has 0 heterocycles. The Morgan fingerprint density at radius 1 is 0.947 bits per heavy atom. The third-order valence-corrected chi connectivity index (χ3v) is 4.43. The Morgan fingerprint density at radius 3 is 2.11 bits per heavy atom. The summed E-state index contributed by atoms with van der Waals surface area (Å²) in [4.78, 5) is -1.21. The van der Waals surface area contributed by atoms with Crippen molar-refractivity contribution in [1.29, 1.82) is 0 Å². The molecule has 0 fully saturated rings. The Hall–Kier alpha value is -2.15. The van der Waals surface area contributed by atoms with Gasteiger partial charge in [-0.25, -0.2) is 17.2 Å². The molecular formula is C12H10F2N2O2S. The number of benzene rings is 2. The molecule has 0 aromatic heterocycles. The monoisotopic (exact) mass is 284 g/mol. The summed E-state index contributed by atoms with van der Waals surface area (Å²) < 4.78 is 51.3. The molecule has 4 nitrogen and oxygen atoms in total. The normalized spacial score (nSPS) is 11.5. The highest BCUT2D eigenvalue weighted by Crippen LogP contribution is 2.32. The lowest BCUT2D eigenvalue weighted by atomic mass is 10.3. The minimum Gasteiger partial charge on any atom is -0.398 e. The van der Waals surface area contributed by atoms with Crippen molar-refractivity contribution in [3.63, 3.8) is 0 Å². The van der Waals surface area contributed by atoms with Crippen molar-refractivity contribution in [2.75, 3.05) is 11.5 Å². The predicted molar refractivity (Wildman–Crippen MR) is 67.1 cm³/mol. The lowest BCUT2D eigenvalue weighted by Gasteiger charge is -2.11. The maximum Gasteiger partial charge on any atom is 0.213 e. The fourth-order valence-electron chi connectivity index (χ4n) is 1.68. The molecule has 0 unspecified atom stereocenters. The van der Waals surface area contributed by atoms with E-state index in [1.165, 1.54) is 18.2 Å². The summed E-state index contributed by atoms with van der Waals surface area (Å²) in [6, 6.07) is 6.26. The molecule has 0 bridgehead atoms. The Bertz CT molecular complexity index is 725. The third kappa shape index (κ3) is 2.24. The quantitative estimate of drug-likeness (QED) is 0.825. The number of halogens is 2. The highest BCUT2D eigenvalue weighted by Gasteiger charge is 2.26. The summed E-state index contributed by atoms with van der Waals surface area (Å²) in [6.07, 6.45) is 0. The second-order valence-corrected chi connectivity index (χ2v) is 5.70. The average Bonchev–Trinajstić information content (AvgIpc) is 2.31. The first-order chi connectivity index (χ1) is 8.84. The van der Waals surface area contributed by atoms with Gasteiger partial charge in [0.25, 0.3) is 0 Å². The highest BCUT2D eigenvalue weighted by atomic mass is 32.2. The summed E-state index contributed by atoms with van der Waals surface area (Å²) in [6.45, 7) is 0. The summed E-state index contributed by atoms with van der Waals surface area (Å²) in [7, 11) is -4.32. The van der Waals surface area contributed by atoms with Gasteiger partial charge >= 0.3 is 0 Å². The topological polar surface area (TPSA) is 86.2 Å². The Kier molecular flexibility index (Phi) is 3.15. The number of sulfone groups is 1. The Morgan fingerprint density at radius 2 is 1.53 bits per heavy atom. The van der Waals surface area contributed by atoms with Gasteiger partial charge in [-0.1, -0.05) is 6.07 Å². The van der Waals surface area contributed by atoms with Crippen molar-refractivity contribution in [1.82, 2.24) is 0 Å². The Labute approximate surface area is 108 Å². The fraction of sp³-hybridized carbons (Fsp3) is 0. The SMILES string of the molecule is Nc1cccc(N)c1S(=O)(=O)c1cc(F)ccc1F. The lowest BCUT2D eigenvalue weighted by molar-refractivity contribution is 0.553. The van der Waals surface area contributed by atoms with E-state index in [0.29, 0.717) is 6.07 Å². The van der Waals surface area contributed by atoms with Gasteiger partial charge in [-0.15, -0.1) is 0 Å². The van der Waals surface area contributed by atoms with Gasteiger partial charge in [-0.05, 0) is 30.3 Å². The predicted octanol–water partition coefficient (Wildman–Crippen LogP) is 1.96. The smallest absolute Gasteiger partial charge is 0.213 e. The number of hydrogen-bond acceptors (Lipinski definition) is 4. The molecule has 2 aromatic carbocycles. The van der Waals surface area contributed by atoms with E-state index >= 15 is 0 Å². The van der Waals surface area contributed by atoms with Crippen molar-refractivity contribution >= 4 is 21.2 Å². The van der Waals surface area contributed by atoms with Crippen LogP contribution in [0.5, 0.6) is 0 Å². The number of nitrogens with two attached hydrogens (primary N) is 2. The average molecular weight is 284 g/mol. The molecule has 7 heteroatoms. The van der Waals surface area contributed by atoms with Crippen molar-refractivity contribution in [3.05, 3.63) is 48.0 Å². The third-order valence-electron chi connectivity index (χ3n) is 2.53. The first kappa shape index (κ1) is 13.3. The summed E-state index contributed by atoms with van der Waals surface area (Å²) in [5.41, 5.74) is 10.9. The first-order valence-electron chi connectivity index (χ1n) is 5.18. The largest absolute Gasteiger partial charge is 0.398 e. The van der Waals surface area contributed by atoms with E-state index in [-0.39, 0.29) is 11.4 Å². The minimum absolute atomic E-state index is 0.122. The van der Waals surface area contributed by atoms with Gasteiger partial charge in [0.15, 0.2) is 0 Å². The van der Waals surface area contributed by atoms with Crippen molar-refractivity contribution in [2.24, 2.45) is 0 Å². The van der Waals surface area contributed by atoms with Gasteiger partial charge in [-0.2, -0.15) is 0 Å². The van der Waals surface area contributed by atoms with E-state index in [9.17, 15) is 17.2 Å². The molecule has 2 rings (SSSR count). The van der Waals surface area contributed by atoms with E-state index in [1.54, 1.807) is 0 Å². The van der Waals surface area contributed by atoms with Gasteiger partial charge in [0, 0.05) is 0 Å². The van der Waals surface area contributed by atoms with Crippen molar-refractivity contribution < 1.29 is 17.2 Å². The molecule has 4 N–H and O–H groups in total. The van der Waals surface area contributed by atoms with Crippen LogP contribution in [-0.4, -0.2) is 8.42 Å². The van der Waals surface area contributed by atoms with E-state index in [2.05, 4.69) is 0 Å². The molecular weight excluding hydrogens is 274 g/mol. The van der Waals surface area contributed by atoms with Crippen LogP contribution in [0.4, 0.5) is 20.2 Å². The van der Waals surface area contributed by atoms with Crippen LogP contribution in [0.2, 0.25) is 0 Å². The van der Waals surface area contributed by atoms with Crippen molar-refractivity contribution in [2.45, 2.75) is 9.79 Å². The van der Waals surface area contributed by atoms with Crippen LogP contribution in [0.3, 0.4) is 0 Å². The lowest BCUT2D eigenvalue weighted by Crippen LogP contribution is -2.10. The van der Waals surface area contributed by atoms with Gasteiger partial charge in [-0.3, -0.25) is 0 Å². The first-order valence-corrected chi connectivity index (χ1v) is 6.66. The highest BCUT2D eigenvalue weighted by molar-refractivity contribution is 7.91. The molecule has 0 aliphatic rings. The Balaban J connectivity index is 2.77. The number of rotatable bonds is 2. The van der Waals surface area contributed by atoms with Crippen LogP contribution in [0.25, 0.3) is 0 Å². The molecule has 100 valence electrons. The maximum absolute atomic E-state index is 13.6. The van der Waals surface area contributed by atoms with Crippen LogP contribution in [0.1, 0.15) is 0 Å². The van der Waals surface area contributed by atoms with Crippen LogP contribution >= 0.6 is 0 Å². The molecule has 0 aliphatic carbocycles. The standard InChI is InChI=1S/C12H10F2N2O2S/c13-7-4-5-8(14)11(6-7)19(17,18)12-9(15)2-1-3-10(12)16/h1-6H,15-16H2. The molecule has 0 saturated heterocycles. The van der Waals surface area contributed by atoms with Crippen LogP contribution < -0.4 is 11.5 Å². The number of hydrogen-bond donors (Lipinski definition) is 2. The summed E-state index contributed by atoms with van der Waals surface area (Å²) >= 11 is 0. The molecule has 0 saturated carbocycles. The molecule has 0 radical (unpaired) electrons. The number of anilines is 2. The number of nitrogen functional groups attached to an aromatic ring is 2. The van der Waals surface area contributed by atoms with Crippen molar-refractivity contribution in [3.8, 4) is 0 Å². The molecule has 0 amide bonds. The zero-order valence-electron chi connectivity index (χ0n) is 9.60. The summed E-state index contributed by atoms with van der Waals surface area (Å²) in [5, 5.41) is 0. The zero-order valence-corrected chi connectivity index (χ0v) is 10.4. The van der Waals surface area contributed by atoms with E-state index in [4.69, 9.17) is 11.5 Å². The van der Waals surface area contributed by atoms with Crippen LogP contribution in [0.15, 0.2) is 46.2 Å². The molecule has 2 aromatic rings. The second-order valence-electron chi connectivity index (χ2n) is 3.84. The molecule has 0 spiro atoms. The van der Waals surface area contributed by atoms with E-state index in [1.807, 2.05) is 0 Å². The molecule has 0 atom stereocenters. The van der Waals surface area contributed by atoms with Crippen LogP contribution in [0, 0.1) is 11.6 Å². The van der Waals surface area contributed by atoms with Gasteiger partial charge in [0.2, 0.25) is 9.84 Å². The molecule has 0 aliphatic heterocycles.